The Morgan fingerprint density at radius 2 is 2.26 bits per heavy atom. The fourth-order valence-corrected chi connectivity index (χ4v) is 1.57. The smallest absolute Gasteiger partial charge is 0.360 e. The second-order valence-electron chi connectivity index (χ2n) is 3.62. The molecule has 0 aliphatic carbocycles. The zero-order valence-corrected chi connectivity index (χ0v) is 9.94. The summed E-state index contributed by atoms with van der Waals surface area (Å²) in [6, 6.07) is 5.83. The molecule has 0 aliphatic rings. The maximum atomic E-state index is 11.4. The summed E-state index contributed by atoms with van der Waals surface area (Å²) in [7, 11) is 1.22. The van der Waals surface area contributed by atoms with Gasteiger partial charge in [-0.15, -0.1) is 0 Å². The number of imidazole rings is 1. The molecule has 0 fully saturated rings. The summed E-state index contributed by atoms with van der Waals surface area (Å²) in [6.07, 6.45) is 1.31. The number of carbonyl (C=O) groups excluding carboxylic acids is 1. The zero-order valence-electron chi connectivity index (χ0n) is 9.94. The zero-order chi connectivity index (χ0) is 14.0. The summed E-state index contributed by atoms with van der Waals surface area (Å²) in [5.41, 5.74) is 6.10. The Bertz CT molecular complexity index is 650. The molecule has 2 rings (SSSR count). The van der Waals surface area contributed by atoms with Crippen LogP contribution in [0.4, 0.5) is 11.5 Å². The van der Waals surface area contributed by atoms with E-state index in [0.717, 1.165) is 0 Å². The molecule has 98 valence electrons. The molecule has 0 saturated heterocycles. The number of benzene rings is 1. The van der Waals surface area contributed by atoms with Gasteiger partial charge in [0.2, 0.25) is 0 Å². The molecule has 1 aromatic heterocycles. The number of nitro groups is 1. The van der Waals surface area contributed by atoms with Gasteiger partial charge in [-0.2, -0.15) is 0 Å². The van der Waals surface area contributed by atoms with Crippen molar-refractivity contribution in [2.45, 2.75) is 0 Å². The summed E-state index contributed by atoms with van der Waals surface area (Å²) in [6.45, 7) is 0. The standard InChI is InChI=1S/C11H10N4O4/c1-19-11(16)9-10(12)14(6-13-9)7-3-2-4-8(5-7)15(17)18/h2-6H,12H2,1H3. The van der Waals surface area contributed by atoms with Crippen LogP contribution in [0.3, 0.4) is 0 Å². The monoisotopic (exact) mass is 262 g/mol. The van der Waals surface area contributed by atoms with Crippen molar-refractivity contribution in [2.75, 3.05) is 12.8 Å². The Morgan fingerprint density at radius 3 is 2.89 bits per heavy atom. The number of nitrogens with zero attached hydrogens (tertiary/aromatic N) is 3. The van der Waals surface area contributed by atoms with E-state index in [0.29, 0.717) is 5.69 Å². The average Bonchev–Trinajstić information content (AvgIpc) is 2.80. The highest BCUT2D eigenvalue weighted by atomic mass is 16.6. The minimum Gasteiger partial charge on any atom is -0.464 e. The Labute approximate surface area is 107 Å². The van der Waals surface area contributed by atoms with E-state index in [-0.39, 0.29) is 17.2 Å². The SMILES string of the molecule is COC(=O)c1ncn(-c2cccc([N+](=O)[O-])c2)c1N. The third kappa shape index (κ3) is 2.23. The lowest BCUT2D eigenvalue weighted by atomic mass is 10.3. The first-order valence-electron chi connectivity index (χ1n) is 5.20. The summed E-state index contributed by atoms with van der Waals surface area (Å²) in [4.78, 5) is 25.4. The lowest BCUT2D eigenvalue weighted by Gasteiger charge is -2.04. The third-order valence-electron chi connectivity index (χ3n) is 2.50. The van der Waals surface area contributed by atoms with Gasteiger partial charge < -0.3 is 10.5 Å². The van der Waals surface area contributed by atoms with Crippen LogP contribution in [0.25, 0.3) is 5.69 Å². The Kier molecular flexibility index (Phi) is 3.15. The van der Waals surface area contributed by atoms with Gasteiger partial charge >= 0.3 is 5.97 Å². The number of hydrogen-bond donors (Lipinski definition) is 1. The number of nitrogen functional groups attached to an aromatic ring is 1. The predicted octanol–water partition coefficient (Wildman–Crippen LogP) is 1.15. The van der Waals surface area contributed by atoms with Crippen LogP contribution < -0.4 is 5.73 Å². The predicted molar refractivity (Wildman–Crippen MR) is 66.0 cm³/mol. The van der Waals surface area contributed by atoms with Crippen LogP contribution in [0, 0.1) is 10.1 Å². The van der Waals surface area contributed by atoms with E-state index in [1.54, 1.807) is 6.07 Å². The normalized spacial score (nSPS) is 10.2. The molecular formula is C11H10N4O4. The van der Waals surface area contributed by atoms with Gasteiger partial charge in [0.15, 0.2) is 5.69 Å². The van der Waals surface area contributed by atoms with Crippen LogP contribution in [0.1, 0.15) is 10.5 Å². The number of non-ortho nitro benzene ring substituents is 1. The summed E-state index contributed by atoms with van der Waals surface area (Å²) in [5.74, 6) is -0.603. The number of anilines is 1. The number of hydrogen-bond acceptors (Lipinski definition) is 6. The average molecular weight is 262 g/mol. The molecule has 19 heavy (non-hydrogen) atoms. The fourth-order valence-electron chi connectivity index (χ4n) is 1.57. The summed E-state index contributed by atoms with van der Waals surface area (Å²) in [5, 5.41) is 10.7. The number of nitrogens with two attached hydrogens (primary N) is 1. The number of nitro benzene ring substituents is 1. The minimum atomic E-state index is -0.665. The van der Waals surface area contributed by atoms with Gasteiger partial charge in [0, 0.05) is 12.1 Å². The van der Waals surface area contributed by atoms with Crippen molar-refractivity contribution in [1.29, 1.82) is 0 Å². The second kappa shape index (κ2) is 4.77. The van der Waals surface area contributed by atoms with E-state index in [9.17, 15) is 14.9 Å². The van der Waals surface area contributed by atoms with Crippen LogP contribution >= 0.6 is 0 Å². The van der Waals surface area contributed by atoms with Crippen molar-refractivity contribution < 1.29 is 14.5 Å². The molecule has 2 N–H and O–H groups in total. The second-order valence-corrected chi connectivity index (χ2v) is 3.62. The molecule has 1 aromatic carbocycles. The van der Waals surface area contributed by atoms with E-state index in [1.807, 2.05) is 0 Å². The largest absolute Gasteiger partial charge is 0.464 e. The van der Waals surface area contributed by atoms with E-state index >= 15 is 0 Å². The lowest BCUT2D eigenvalue weighted by Crippen LogP contribution is -2.07. The van der Waals surface area contributed by atoms with Crippen molar-refractivity contribution in [2.24, 2.45) is 0 Å². The summed E-state index contributed by atoms with van der Waals surface area (Å²) >= 11 is 0. The topological polar surface area (TPSA) is 113 Å². The van der Waals surface area contributed by atoms with Gasteiger partial charge in [0.05, 0.1) is 17.7 Å². The Hall–Kier alpha value is -2.90. The van der Waals surface area contributed by atoms with Gasteiger partial charge in [-0.25, -0.2) is 9.78 Å². The van der Waals surface area contributed by atoms with Crippen LogP contribution in [0.2, 0.25) is 0 Å². The van der Waals surface area contributed by atoms with E-state index < -0.39 is 10.9 Å². The number of methoxy groups -OCH3 is 1. The Morgan fingerprint density at radius 1 is 1.53 bits per heavy atom. The number of rotatable bonds is 3. The third-order valence-corrected chi connectivity index (χ3v) is 2.50. The van der Waals surface area contributed by atoms with Crippen LogP contribution in [0.5, 0.6) is 0 Å². The van der Waals surface area contributed by atoms with Gasteiger partial charge in [0.1, 0.15) is 12.1 Å². The van der Waals surface area contributed by atoms with Crippen molar-refractivity contribution in [1.82, 2.24) is 9.55 Å². The van der Waals surface area contributed by atoms with Gasteiger partial charge in [-0.05, 0) is 6.07 Å². The molecule has 0 aliphatic heterocycles. The van der Waals surface area contributed by atoms with E-state index in [2.05, 4.69) is 9.72 Å². The number of ether oxygens (including phenoxy) is 1. The van der Waals surface area contributed by atoms with Gasteiger partial charge in [-0.1, -0.05) is 6.07 Å². The Balaban J connectivity index is 2.48. The molecule has 0 unspecified atom stereocenters. The molecule has 0 atom stereocenters. The van der Waals surface area contributed by atoms with Gasteiger partial charge in [-0.3, -0.25) is 14.7 Å². The molecule has 8 nitrogen and oxygen atoms in total. The molecule has 0 saturated carbocycles. The highest BCUT2D eigenvalue weighted by Crippen LogP contribution is 2.21. The maximum absolute atomic E-state index is 11.4. The first kappa shape index (κ1) is 12.6. The van der Waals surface area contributed by atoms with Crippen LogP contribution in [-0.4, -0.2) is 27.6 Å². The molecule has 8 heteroatoms. The molecule has 0 spiro atoms. The highest BCUT2D eigenvalue weighted by Gasteiger charge is 2.17. The fraction of sp³-hybridized carbons (Fsp3) is 0.0909. The molecular weight excluding hydrogens is 252 g/mol. The minimum absolute atomic E-state index is 0.0333. The number of carbonyl (C=O) groups is 1. The first-order valence-corrected chi connectivity index (χ1v) is 5.20. The molecule has 2 aromatic rings. The molecule has 1 heterocycles. The van der Waals surface area contributed by atoms with E-state index in [4.69, 9.17) is 5.73 Å². The lowest BCUT2D eigenvalue weighted by molar-refractivity contribution is -0.384. The highest BCUT2D eigenvalue weighted by molar-refractivity contribution is 5.92. The quantitative estimate of drug-likeness (QED) is 0.504. The van der Waals surface area contributed by atoms with Crippen molar-refractivity contribution in [3.63, 3.8) is 0 Å². The summed E-state index contributed by atoms with van der Waals surface area (Å²) < 4.78 is 5.90. The van der Waals surface area contributed by atoms with Crippen molar-refractivity contribution in [3.8, 4) is 5.69 Å². The van der Waals surface area contributed by atoms with Gasteiger partial charge in [0.25, 0.3) is 5.69 Å². The first-order chi connectivity index (χ1) is 9.04. The van der Waals surface area contributed by atoms with E-state index in [1.165, 1.54) is 36.2 Å². The molecule has 0 bridgehead atoms. The number of aromatic nitrogens is 2. The van der Waals surface area contributed by atoms with Crippen molar-refractivity contribution in [3.05, 3.63) is 46.4 Å². The number of esters is 1. The van der Waals surface area contributed by atoms with Crippen LogP contribution in [0.15, 0.2) is 30.6 Å². The van der Waals surface area contributed by atoms with Crippen molar-refractivity contribution >= 4 is 17.5 Å². The maximum Gasteiger partial charge on any atom is 0.360 e. The molecule has 0 amide bonds. The molecule has 0 radical (unpaired) electrons. The van der Waals surface area contributed by atoms with Crippen LogP contribution in [-0.2, 0) is 4.74 Å².